The van der Waals surface area contributed by atoms with Crippen LogP contribution in [0.2, 0.25) is 0 Å². The van der Waals surface area contributed by atoms with Gasteiger partial charge in [-0.05, 0) is 32.3 Å². The van der Waals surface area contributed by atoms with Gasteiger partial charge in [-0.15, -0.1) is 11.3 Å². The van der Waals surface area contributed by atoms with Gasteiger partial charge in [-0.3, -0.25) is 9.48 Å². The Balaban J connectivity index is 1.64. The van der Waals surface area contributed by atoms with E-state index in [2.05, 4.69) is 10.1 Å². The molecule has 0 bridgehead atoms. The summed E-state index contributed by atoms with van der Waals surface area (Å²) in [5, 5.41) is 7.33. The van der Waals surface area contributed by atoms with Gasteiger partial charge in [0, 0.05) is 18.1 Å². The van der Waals surface area contributed by atoms with Gasteiger partial charge in [0.1, 0.15) is 0 Å². The van der Waals surface area contributed by atoms with Crippen LogP contribution in [-0.2, 0) is 17.8 Å². The van der Waals surface area contributed by atoms with Crippen LogP contribution in [0.4, 0.5) is 0 Å². The highest BCUT2D eigenvalue weighted by atomic mass is 32.1. The maximum atomic E-state index is 12.5. The SMILES string of the molecule is Cc1cnn(C[C@H]2CCCN2C(=O)Cc2csc(C)n2)c1. The van der Waals surface area contributed by atoms with Crippen molar-refractivity contribution in [2.24, 2.45) is 0 Å². The van der Waals surface area contributed by atoms with Crippen molar-refractivity contribution in [1.29, 1.82) is 0 Å². The van der Waals surface area contributed by atoms with Crippen LogP contribution in [0.3, 0.4) is 0 Å². The van der Waals surface area contributed by atoms with E-state index < -0.39 is 0 Å². The lowest BCUT2D eigenvalue weighted by Crippen LogP contribution is -2.39. The summed E-state index contributed by atoms with van der Waals surface area (Å²) in [6.45, 7) is 5.64. The predicted octanol–water partition coefficient (Wildman–Crippen LogP) is 2.19. The van der Waals surface area contributed by atoms with Crippen molar-refractivity contribution in [1.82, 2.24) is 19.7 Å². The number of amides is 1. The lowest BCUT2D eigenvalue weighted by atomic mass is 10.2. The Kier molecular flexibility index (Phi) is 4.05. The Bertz CT molecular complexity index is 633. The normalized spacial score (nSPS) is 18.4. The van der Waals surface area contributed by atoms with Gasteiger partial charge >= 0.3 is 0 Å². The molecule has 0 saturated carbocycles. The molecule has 5 nitrogen and oxygen atoms in total. The maximum Gasteiger partial charge on any atom is 0.228 e. The second-order valence-electron chi connectivity index (χ2n) is 5.66. The third-order valence-corrected chi connectivity index (χ3v) is 4.68. The topological polar surface area (TPSA) is 51.0 Å². The number of thiazole rings is 1. The molecule has 1 atom stereocenters. The van der Waals surface area contributed by atoms with Gasteiger partial charge in [0.25, 0.3) is 0 Å². The molecule has 21 heavy (non-hydrogen) atoms. The Hall–Kier alpha value is -1.69. The number of rotatable bonds is 4. The molecular formula is C15H20N4OS. The van der Waals surface area contributed by atoms with Crippen LogP contribution < -0.4 is 0 Å². The second kappa shape index (κ2) is 5.97. The quantitative estimate of drug-likeness (QED) is 0.870. The number of carbonyl (C=O) groups is 1. The predicted molar refractivity (Wildman–Crippen MR) is 82.3 cm³/mol. The van der Waals surface area contributed by atoms with Crippen molar-refractivity contribution in [3.05, 3.63) is 34.0 Å². The zero-order chi connectivity index (χ0) is 14.8. The number of nitrogens with zero attached hydrogens (tertiary/aromatic N) is 4. The Morgan fingerprint density at radius 1 is 1.48 bits per heavy atom. The van der Waals surface area contributed by atoms with Crippen LogP contribution >= 0.6 is 11.3 Å². The Morgan fingerprint density at radius 3 is 3.00 bits per heavy atom. The minimum Gasteiger partial charge on any atom is -0.338 e. The zero-order valence-electron chi connectivity index (χ0n) is 12.5. The minimum absolute atomic E-state index is 0.187. The first-order valence-electron chi connectivity index (χ1n) is 7.31. The summed E-state index contributed by atoms with van der Waals surface area (Å²) in [7, 11) is 0. The van der Waals surface area contributed by atoms with Gasteiger partial charge in [-0.25, -0.2) is 4.98 Å². The van der Waals surface area contributed by atoms with Crippen molar-refractivity contribution in [2.45, 2.75) is 45.7 Å². The molecule has 1 fully saturated rings. The number of likely N-dealkylation sites (tertiary alicyclic amines) is 1. The second-order valence-corrected chi connectivity index (χ2v) is 6.72. The largest absolute Gasteiger partial charge is 0.338 e. The van der Waals surface area contributed by atoms with Crippen LogP contribution in [-0.4, -0.2) is 38.2 Å². The van der Waals surface area contributed by atoms with Crippen LogP contribution in [0.15, 0.2) is 17.8 Å². The van der Waals surface area contributed by atoms with E-state index in [1.807, 2.05) is 41.2 Å². The van der Waals surface area contributed by atoms with Crippen LogP contribution in [0.1, 0.15) is 29.1 Å². The average molecular weight is 304 g/mol. The zero-order valence-corrected chi connectivity index (χ0v) is 13.3. The monoisotopic (exact) mass is 304 g/mol. The highest BCUT2D eigenvalue weighted by molar-refractivity contribution is 7.09. The summed E-state index contributed by atoms with van der Waals surface area (Å²) in [4.78, 5) is 18.9. The molecule has 1 saturated heterocycles. The average Bonchev–Trinajstić information content (AvgIpc) is 3.13. The first kappa shape index (κ1) is 14.3. The first-order chi connectivity index (χ1) is 10.1. The van der Waals surface area contributed by atoms with Gasteiger partial charge in [0.05, 0.1) is 35.9 Å². The molecule has 2 aromatic rings. The minimum atomic E-state index is 0.187. The van der Waals surface area contributed by atoms with E-state index in [0.29, 0.717) is 6.42 Å². The van der Waals surface area contributed by atoms with Crippen LogP contribution in [0.25, 0.3) is 0 Å². The number of carbonyl (C=O) groups excluding carboxylic acids is 1. The van der Waals surface area contributed by atoms with Gasteiger partial charge in [-0.1, -0.05) is 0 Å². The molecule has 0 aromatic carbocycles. The van der Waals surface area contributed by atoms with Gasteiger partial charge in [0.15, 0.2) is 0 Å². The van der Waals surface area contributed by atoms with Gasteiger partial charge in [0.2, 0.25) is 5.91 Å². The molecular weight excluding hydrogens is 284 g/mol. The van der Waals surface area contributed by atoms with E-state index in [1.165, 1.54) is 0 Å². The van der Waals surface area contributed by atoms with Crippen molar-refractivity contribution < 1.29 is 4.79 Å². The molecule has 2 aromatic heterocycles. The molecule has 1 aliphatic heterocycles. The van der Waals surface area contributed by atoms with Crippen LogP contribution in [0, 0.1) is 13.8 Å². The fraction of sp³-hybridized carbons (Fsp3) is 0.533. The maximum absolute atomic E-state index is 12.5. The summed E-state index contributed by atoms with van der Waals surface area (Å²) >= 11 is 1.60. The van der Waals surface area contributed by atoms with Gasteiger partial charge in [-0.2, -0.15) is 5.10 Å². The fourth-order valence-electron chi connectivity index (χ4n) is 2.88. The van der Waals surface area contributed by atoms with E-state index in [-0.39, 0.29) is 11.9 Å². The Labute approximate surface area is 128 Å². The van der Waals surface area contributed by atoms with Crippen LogP contribution in [0.5, 0.6) is 0 Å². The van der Waals surface area contributed by atoms with Crippen molar-refractivity contribution in [3.8, 4) is 0 Å². The molecule has 0 N–H and O–H groups in total. The number of aromatic nitrogens is 3. The number of hydrogen-bond acceptors (Lipinski definition) is 4. The Morgan fingerprint density at radius 2 is 2.33 bits per heavy atom. The van der Waals surface area contributed by atoms with E-state index >= 15 is 0 Å². The third kappa shape index (κ3) is 3.32. The van der Waals surface area contributed by atoms with Crippen molar-refractivity contribution in [3.63, 3.8) is 0 Å². The molecule has 0 unspecified atom stereocenters. The van der Waals surface area contributed by atoms with E-state index in [1.54, 1.807) is 11.3 Å². The van der Waals surface area contributed by atoms with E-state index in [9.17, 15) is 4.79 Å². The van der Waals surface area contributed by atoms with E-state index in [4.69, 9.17) is 0 Å². The molecule has 3 rings (SSSR count). The molecule has 1 amide bonds. The summed E-state index contributed by atoms with van der Waals surface area (Å²) in [6.07, 6.45) is 6.44. The lowest BCUT2D eigenvalue weighted by Gasteiger charge is -2.24. The summed E-state index contributed by atoms with van der Waals surface area (Å²) in [6, 6.07) is 0.261. The number of hydrogen-bond donors (Lipinski definition) is 0. The summed E-state index contributed by atoms with van der Waals surface area (Å²) < 4.78 is 1.94. The van der Waals surface area contributed by atoms with Crippen molar-refractivity contribution in [2.75, 3.05) is 6.54 Å². The molecule has 0 spiro atoms. The van der Waals surface area contributed by atoms with E-state index in [0.717, 1.165) is 42.2 Å². The fourth-order valence-corrected chi connectivity index (χ4v) is 3.50. The molecule has 3 heterocycles. The van der Waals surface area contributed by atoms with Crippen molar-refractivity contribution >= 4 is 17.2 Å². The molecule has 1 aliphatic rings. The highest BCUT2D eigenvalue weighted by Crippen LogP contribution is 2.20. The lowest BCUT2D eigenvalue weighted by molar-refractivity contribution is -0.131. The molecule has 0 aliphatic carbocycles. The number of aryl methyl sites for hydroxylation is 2. The smallest absolute Gasteiger partial charge is 0.228 e. The molecule has 112 valence electrons. The summed E-state index contributed by atoms with van der Waals surface area (Å²) in [5.41, 5.74) is 2.05. The first-order valence-corrected chi connectivity index (χ1v) is 8.19. The third-order valence-electron chi connectivity index (χ3n) is 3.86. The molecule has 0 radical (unpaired) electrons. The standard InChI is InChI=1S/C15H20N4OS/c1-11-7-16-18(8-11)9-14-4-3-5-19(14)15(20)6-13-10-21-12(2)17-13/h7-8,10,14H,3-6,9H2,1-2H3/t14-/m1/s1. The molecule has 6 heteroatoms. The summed E-state index contributed by atoms with van der Waals surface area (Å²) in [5.74, 6) is 0.187. The van der Waals surface area contributed by atoms with Gasteiger partial charge < -0.3 is 4.90 Å². The highest BCUT2D eigenvalue weighted by Gasteiger charge is 2.29.